The summed E-state index contributed by atoms with van der Waals surface area (Å²) < 4.78 is 0. The fraction of sp³-hybridized carbons (Fsp3) is 0.700. The van der Waals surface area contributed by atoms with E-state index in [9.17, 15) is 4.79 Å². The summed E-state index contributed by atoms with van der Waals surface area (Å²) in [6, 6.07) is 0. The molecule has 0 spiro atoms. The monoisotopic (exact) mass is 331 g/mol. The molecule has 0 aromatic rings. The molecule has 94 valence electrons. The highest BCUT2D eigenvalue weighted by Gasteiger charge is 1.95. The van der Waals surface area contributed by atoms with E-state index in [0.717, 1.165) is 0 Å². The highest BCUT2D eigenvalue weighted by Crippen LogP contribution is 1.82. The van der Waals surface area contributed by atoms with E-state index in [4.69, 9.17) is 0 Å². The lowest BCUT2D eigenvalue weighted by molar-refractivity contribution is -0.117. The molecule has 0 aromatic carbocycles. The third-order valence-electron chi connectivity index (χ3n) is 0.725. The predicted octanol–water partition coefficient (Wildman–Crippen LogP) is 0.988. The zero-order valence-corrected chi connectivity index (χ0v) is 13.1. The molecular formula is C10H26IN3O. The Hall–Kier alpha value is -0.140. The first-order valence-electron chi connectivity index (χ1n) is 4.62. The van der Waals surface area contributed by atoms with Gasteiger partial charge in [0.05, 0.1) is 0 Å². The molecule has 0 aliphatic rings. The smallest absolute Gasteiger partial charge is 0.246 e. The molecule has 0 saturated heterocycles. The van der Waals surface area contributed by atoms with Gasteiger partial charge in [-0.3, -0.25) is 4.79 Å². The van der Waals surface area contributed by atoms with Gasteiger partial charge in [-0.1, -0.05) is 6.58 Å². The summed E-state index contributed by atoms with van der Waals surface area (Å²) in [6.45, 7) is 7.70. The van der Waals surface area contributed by atoms with Crippen LogP contribution in [-0.2, 0) is 4.79 Å². The molecule has 0 saturated carbocycles. The quantitative estimate of drug-likeness (QED) is 0.522. The lowest BCUT2D eigenvalue weighted by Crippen LogP contribution is -2.22. The topological polar surface area (TPSA) is 53.2 Å². The van der Waals surface area contributed by atoms with Gasteiger partial charge in [-0.05, 0) is 42.0 Å². The molecule has 0 aliphatic carbocycles. The van der Waals surface area contributed by atoms with Crippen molar-refractivity contribution in [3.63, 3.8) is 0 Å². The van der Waals surface area contributed by atoms with Gasteiger partial charge in [-0.15, -0.1) is 24.0 Å². The average Bonchev–Trinajstić information content (AvgIpc) is 2.07. The first-order valence-corrected chi connectivity index (χ1v) is 4.62. The van der Waals surface area contributed by atoms with Gasteiger partial charge < -0.3 is 16.0 Å². The Morgan fingerprint density at radius 1 is 1.13 bits per heavy atom. The second kappa shape index (κ2) is 23.6. The van der Waals surface area contributed by atoms with E-state index in [2.05, 4.69) is 22.5 Å². The second-order valence-corrected chi connectivity index (χ2v) is 2.64. The number of carbonyl (C=O) groups is 1. The van der Waals surface area contributed by atoms with Crippen molar-refractivity contribution in [1.82, 2.24) is 16.0 Å². The number of likely N-dealkylation sites (N-methyl/N-ethyl adjacent to an activating group) is 1. The van der Waals surface area contributed by atoms with Crippen LogP contribution in [0.15, 0.2) is 12.2 Å². The van der Waals surface area contributed by atoms with Crippen LogP contribution in [0.5, 0.6) is 0 Å². The first-order chi connectivity index (χ1) is 6.51. The lowest BCUT2D eigenvalue weighted by atomic mass is 10.3. The van der Waals surface area contributed by atoms with E-state index in [-0.39, 0.29) is 29.9 Å². The highest BCUT2D eigenvalue weighted by molar-refractivity contribution is 14.0. The number of amides is 1. The van der Waals surface area contributed by atoms with Gasteiger partial charge >= 0.3 is 0 Å². The van der Waals surface area contributed by atoms with Gasteiger partial charge in [0, 0.05) is 12.1 Å². The Morgan fingerprint density at radius 2 is 1.40 bits per heavy atom. The van der Waals surface area contributed by atoms with Crippen LogP contribution >= 0.6 is 24.0 Å². The number of carbonyl (C=O) groups excluding carboxylic acids is 1. The number of hydrogen-bond acceptors (Lipinski definition) is 3. The Labute approximate surface area is 111 Å². The van der Waals surface area contributed by atoms with Crippen molar-refractivity contribution in [3.05, 3.63) is 12.2 Å². The van der Waals surface area contributed by atoms with Crippen molar-refractivity contribution in [1.29, 1.82) is 0 Å². The predicted molar refractivity (Wildman–Crippen MR) is 78.9 cm³/mol. The maximum Gasteiger partial charge on any atom is 0.246 e. The third-order valence-corrected chi connectivity index (χ3v) is 0.725. The minimum atomic E-state index is -0.0625. The van der Waals surface area contributed by atoms with Crippen molar-refractivity contribution in [2.75, 3.05) is 34.7 Å². The van der Waals surface area contributed by atoms with E-state index < -0.39 is 0 Å². The van der Waals surface area contributed by atoms with Crippen LogP contribution in [0, 0.1) is 0 Å². The van der Waals surface area contributed by atoms with Gasteiger partial charge in [-0.2, -0.15) is 0 Å². The summed E-state index contributed by atoms with van der Waals surface area (Å²) in [4.78, 5) is 10.5. The molecule has 0 rings (SSSR count). The summed E-state index contributed by atoms with van der Waals surface area (Å²) in [5.41, 5.74) is 0.562. The normalized spacial score (nSPS) is 6.80. The van der Waals surface area contributed by atoms with Crippen LogP contribution in [0.4, 0.5) is 0 Å². The minimum Gasteiger partial charge on any atom is -0.353 e. The average molecular weight is 331 g/mol. The molecule has 0 atom stereocenters. The van der Waals surface area contributed by atoms with Crippen LogP contribution in [0.3, 0.4) is 0 Å². The van der Waals surface area contributed by atoms with Gasteiger partial charge in [0.2, 0.25) is 5.91 Å². The zero-order valence-electron chi connectivity index (χ0n) is 10.7. The third kappa shape index (κ3) is 41.4. The molecule has 0 aliphatic heterocycles. The molecule has 4 nitrogen and oxygen atoms in total. The summed E-state index contributed by atoms with van der Waals surface area (Å²) in [5, 5.41) is 8.11. The molecule has 3 N–H and O–H groups in total. The van der Waals surface area contributed by atoms with E-state index >= 15 is 0 Å². The summed E-state index contributed by atoms with van der Waals surface area (Å²) in [5.74, 6) is -0.0625. The van der Waals surface area contributed by atoms with Gasteiger partial charge in [0.1, 0.15) is 0 Å². The molecule has 1 amide bonds. The number of halogens is 1. The SMILES string of the molecule is C=C(C)C(=O)NCC.CNC.CNC.I. The fourth-order valence-corrected chi connectivity index (χ4v) is 0.311. The standard InChI is InChI=1S/C6H11NO.2C2H7N.HI/c1-4-7-6(8)5(2)3;2*1-3-2;/h2,4H2,1,3H3,(H,7,8);2*3H,1-2H3;1H. The Bertz CT molecular complexity index is 139. The molecule has 0 heterocycles. The molecule has 0 aromatic heterocycles. The van der Waals surface area contributed by atoms with Crippen molar-refractivity contribution in [2.24, 2.45) is 0 Å². The van der Waals surface area contributed by atoms with Crippen molar-refractivity contribution >= 4 is 29.9 Å². The van der Waals surface area contributed by atoms with E-state index in [0.29, 0.717) is 12.1 Å². The van der Waals surface area contributed by atoms with Crippen LogP contribution in [0.1, 0.15) is 13.8 Å². The summed E-state index contributed by atoms with van der Waals surface area (Å²) >= 11 is 0. The van der Waals surface area contributed by atoms with E-state index in [1.807, 2.05) is 35.1 Å². The van der Waals surface area contributed by atoms with E-state index in [1.165, 1.54) is 0 Å². The fourth-order valence-electron chi connectivity index (χ4n) is 0.311. The maximum atomic E-state index is 10.5. The van der Waals surface area contributed by atoms with Crippen LogP contribution in [-0.4, -0.2) is 40.6 Å². The van der Waals surface area contributed by atoms with Crippen LogP contribution in [0.25, 0.3) is 0 Å². The number of hydrogen-bond donors (Lipinski definition) is 3. The number of nitrogens with one attached hydrogen (secondary N) is 3. The molecule has 0 bridgehead atoms. The van der Waals surface area contributed by atoms with Crippen molar-refractivity contribution in [3.8, 4) is 0 Å². The van der Waals surface area contributed by atoms with Crippen LogP contribution in [0.2, 0.25) is 0 Å². The molecule has 0 fully saturated rings. The molecule has 5 heteroatoms. The number of rotatable bonds is 2. The van der Waals surface area contributed by atoms with E-state index in [1.54, 1.807) is 6.92 Å². The largest absolute Gasteiger partial charge is 0.353 e. The second-order valence-electron chi connectivity index (χ2n) is 2.64. The molecular weight excluding hydrogens is 305 g/mol. The molecule has 0 unspecified atom stereocenters. The van der Waals surface area contributed by atoms with Gasteiger partial charge in [0.25, 0.3) is 0 Å². The first kappa shape index (κ1) is 24.2. The van der Waals surface area contributed by atoms with Crippen LogP contribution < -0.4 is 16.0 Å². The summed E-state index contributed by atoms with van der Waals surface area (Å²) in [7, 11) is 7.50. The molecule has 0 radical (unpaired) electrons. The highest BCUT2D eigenvalue weighted by atomic mass is 127. The zero-order chi connectivity index (χ0) is 12.0. The Kier molecular flexibility index (Phi) is 38.0. The Morgan fingerprint density at radius 3 is 1.47 bits per heavy atom. The van der Waals surface area contributed by atoms with Gasteiger partial charge in [-0.25, -0.2) is 0 Å². The van der Waals surface area contributed by atoms with Crippen molar-refractivity contribution in [2.45, 2.75) is 13.8 Å². The van der Waals surface area contributed by atoms with Gasteiger partial charge in [0.15, 0.2) is 0 Å². The summed E-state index contributed by atoms with van der Waals surface area (Å²) in [6.07, 6.45) is 0. The maximum absolute atomic E-state index is 10.5. The van der Waals surface area contributed by atoms with Crippen molar-refractivity contribution < 1.29 is 4.79 Å². The Balaban J connectivity index is -0.0000000733. The lowest BCUT2D eigenvalue weighted by Gasteiger charge is -1.97. The minimum absolute atomic E-state index is 0. The molecule has 15 heavy (non-hydrogen) atoms.